The molecule has 4 aromatic rings. The predicted molar refractivity (Wildman–Crippen MR) is 95.5 cm³/mol. The standard InChI is InChI=1S/C17H15N7/c18-11-5-7-12(8-6-11)20-17-21-14-4-2-1-3-13(14)16(23-17)22-15-9-10-19-24-15/h1-10H,18H2,(H3,19,20,21,22,23,24). The van der Waals surface area contributed by atoms with Crippen molar-refractivity contribution in [1.82, 2.24) is 20.2 Å². The summed E-state index contributed by atoms with van der Waals surface area (Å²) in [5.74, 6) is 1.96. The Labute approximate surface area is 138 Å². The van der Waals surface area contributed by atoms with Gasteiger partial charge in [0, 0.05) is 22.8 Å². The molecule has 7 heteroatoms. The molecule has 0 spiro atoms. The molecule has 2 aromatic heterocycles. The van der Waals surface area contributed by atoms with Gasteiger partial charge in [-0.1, -0.05) is 12.1 Å². The molecule has 0 amide bonds. The Morgan fingerprint density at radius 2 is 1.71 bits per heavy atom. The van der Waals surface area contributed by atoms with Crippen LogP contribution in [-0.2, 0) is 0 Å². The zero-order valence-corrected chi connectivity index (χ0v) is 12.7. The van der Waals surface area contributed by atoms with Gasteiger partial charge in [-0.3, -0.25) is 5.10 Å². The van der Waals surface area contributed by atoms with Gasteiger partial charge in [-0.2, -0.15) is 10.1 Å². The van der Waals surface area contributed by atoms with Crippen molar-refractivity contribution in [3.8, 4) is 0 Å². The normalized spacial score (nSPS) is 10.7. The molecule has 2 heterocycles. The lowest BCUT2D eigenvalue weighted by molar-refractivity contribution is 1.09. The molecule has 0 aliphatic carbocycles. The number of nitrogens with two attached hydrogens (primary N) is 1. The number of hydrogen-bond acceptors (Lipinski definition) is 6. The maximum atomic E-state index is 5.72. The summed E-state index contributed by atoms with van der Waals surface area (Å²) in [7, 11) is 0. The molecule has 5 N–H and O–H groups in total. The fourth-order valence-electron chi connectivity index (χ4n) is 2.38. The van der Waals surface area contributed by atoms with Crippen LogP contribution in [0.4, 0.5) is 29.0 Å². The van der Waals surface area contributed by atoms with E-state index in [-0.39, 0.29) is 0 Å². The van der Waals surface area contributed by atoms with Crippen molar-refractivity contribution in [2.75, 3.05) is 16.4 Å². The lowest BCUT2D eigenvalue weighted by Crippen LogP contribution is -2.02. The summed E-state index contributed by atoms with van der Waals surface area (Å²) in [6.07, 6.45) is 1.68. The highest BCUT2D eigenvalue weighted by molar-refractivity contribution is 5.91. The van der Waals surface area contributed by atoms with Gasteiger partial charge >= 0.3 is 0 Å². The van der Waals surface area contributed by atoms with Crippen LogP contribution in [0.3, 0.4) is 0 Å². The summed E-state index contributed by atoms with van der Waals surface area (Å²) in [4.78, 5) is 9.14. The molecule has 4 rings (SSSR count). The van der Waals surface area contributed by atoms with Gasteiger partial charge in [0.2, 0.25) is 5.95 Å². The predicted octanol–water partition coefficient (Wildman–Crippen LogP) is 3.42. The molecule has 7 nitrogen and oxygen atoms in total. The van der Waals surface area contributed by atoms with Gasteiger partial charge in [-0.25, -0.2) is 4.98 Å². The molecule has 0 fully saturated rings. The number of H-pyrrole nitrogens is 1. The van der Waals surface area contributed by atoms with E-state index in [1.165, 1.54) is 0 Å². The Balaban J connectivity index is 1.74. The zero-order chi connectivity index (χ0) is 16.4. The minimum Gasteiger partial charge on any atom is -0.399 e. The number of hydrogen-bond donors (Lipinski definition) is 4. The molecule has 0 radical (unpaired) electrons. The van der Waals surface area contributed by atoms with Gasteiger partial charge in [-0.15, -0.1) is 0 Å². The Morgan fingerprint density at radius 1 is 0.875 bits per heavy atom. The SMILES string of the molecule is Nc1ccc(Nc2nc(Nc3ccn[nH]3)c3ccccc3n2)cc1. The van der Waals surface area contributed by atoms with Crippen molar-refractivity contribution in [2.24, 2.45) is 0 Å². The maximum absolute atomic E-state index is 5.72. The van der Waals surface area contributed by atoms with Crippen LogP contribution in [-0.4, -0.2) is 20.2 Å². The Morgan fingerprint density at radius 3 is 2.50 bits per heavy atom. The van der Waals surface area contributed by atoms with Crippen molar-refractivity contribution >= 4 is 39.9 Å². The van der Waals surface area contributed by atoms with Crippen molar-refractivity contribution in [2.45, 2.75) is 0 Å². The number of nitrogen functional groups attached to an aromatic ring is 1. The molecule has 0 unspecified atom stereocenters. The molecule has 118 valence electrons. The minimum atomic E-state index is 0.500. The topological polar surface area (TPSA) is 105 Å². The Bertz CT molecular complexity index is 962. The van der Waals surface area contributed by atoms with Gasteiger partial charge in [-0.05, 0) is 36.4 Å². The number of anilines is 5. The van der Waals surface area contributed by atoms with Crippen LogP contribution in [0.5, 0.6) is 0 Å². The molecule has 0 saturated heterocycles. The summed E-state index contributed by atoms with van der Waals surface area (Å²) in [5.41, 5.74) is 8.13. The third-order valence-electron chi connectivity index (χ3n) is 3.52. The van der Waals surface area contributed by atoms with E-state index in [2.05, 4.69) is 30.8 Å². The highest BCUT2D eigenvalue weighted by Gasteiger charge is 2.08. The van der Waals surface area contributed by atoms with Crippen LogP contribution in [0.2, 0.25) is 0 Å². The first kappa shape index (κ1) is 14.0. The second-order valence-corrected chi connectivity index (χ2v) is 5.26. The van der Waals surface area contributed by atoms with Crippen LogP contribution in [0, 0.1) is 0 Å². The summed E-state index contributed by atoms with van der Waals surface area (Å²) in [5, 5.41) is 14.2. The summed E-state index contributed by atoms with van der Waals surface area (Å²) in [6.45, 7) is 0. The summed E-state index contributed by atoms with van der Waals surface area (Å²) < 4.78 is 0. The number of benzene rings is 2. The molecule has 0 saturated carbocycles. The van der Waals surface area contributed by atoms with Gasteiger partial charge < -0.3 is 16.4 Å². The van der Waals surface area contributed by atoms with Gasteiger partial charge in [0.25, 0.3) is 0 Å². The average Bonchev–Trinajstić information content (AvgIpc) is 3.10. The molecular weight excluding hydrogens is 302 g/mol. The van der Waals surface area contributed by atoms with Crippen LogP contribution < -0.4 is 16.4 Å². The smallest absolute Gasteiger partial charge is 0.229 e. The van der Waals surface area contributed by atoms with Crippen LogP contribution in [0.15, 0.2) is 60.8 Å². The lowest BCUT2D eigenvalue weighted by atomic mass is 10.2. The number of nitrogens with one attached hydrogen (secondary N) is 3. The van der Waals surface area contributed by atoms with Crippen molar-refractivity contribution in [3.05, 3.63) is 60.8 Å². The highest BCUT2D eigenvalue weighted by atomic mass is 15.2. The lowest BCUT2D eigenvalue weighted by Gasteiger charge is -2.11. The number of aromatic nitrogens is 4. The van der Waals surface area contributed by atoms with E-state index in [9.17, 15) is 0 Å². The summed E-state index contributed by atoms with van der Waals surface area (Å²) in [6, 6.07) is 17.1. The van der Waals surface area contributed by atoms with E-state index in [4.69, 9.17) is 5.73 Å². The molecule has 0 aliphatic heterocycles. The maximum Gasteiger partial charge on any atom is 0.229 e. The van der Waals surface area contributed by atoms with Crippen LogP contribution >= 0.6 is 0 Å². The number of para-hydroxylation sites is 1. The Hall–Kier alpha value is -3.61. The third-order valence-corrected chi connectivity index (χ3v) is 3.52. The molecular formula is C17H15N7. The van der Waals surface area contributed by atoms with Crippen molar-refractivity contribution in [1.29, 1.82) is 0 Å². The van der Waals surface area contributed by atoms with E-state index in [0.29, 0.717) is 17.5 Å². The quantitative estimate of drug-likeness (QED) is 0.430. The second-order valence-electron chi connectivity index (χ2n) is 5.26. The highest BCUT2D eigenvalue weighted by Crippen LogP contribution is 2.25. The van der Waals surface area contributed by atoms with Gasteiger partial charge in [0.15, 0.2) is 0 Å². The van der Waals surface area contributed by atoms with E-state index >= 15 is 0 Å². The van der Waals surface area contributed by atoms with E-state index in [0.717, 1.165) is 22.4 Å². The third kappa shape index (κ3) is 2.82. The van der Waals surface area contributed by atoms with Crippen molar-refractivity contribution in [3.63, 3.8) is 0 Å². The fraction of sp³-hybridized carbons (Fsp3) is 0. The first-order valence-electron chi connectivity index (χ1n) is 7.44. The molecule has 24 heavy (non-hydrogen) atoms. The number of fused-ring (bicyclic) bond motifs is 1. The van der Waals surface area contributed by atoms with E-state index in [1.807, 2.05) is 54.6 Å². The van der Waals surface area contributed by atoms with Gasteiger partial charge in [0.05, 0.1) is 11.7 Å². The number of nitrogens with zero attached hydrogens (tertiary/aromatic N) is 3. The van der Waals surface area contributed by atoms with Crippen LogP contribution in [0.1, 0.15) is 0 Å². The zero-order valence-electron chi connectivity index (χ0n) is 12.7. The molecule has 2 aromatic carbocycles. The number of rotatable bonds is 4. The monoisotopic (exact) mass is 317 g/mol. The van der Waals surface area contributed by atoms with E-state index < -0.39 is 0 Å². The van der Waals surface area contributed by atoms with E-state index in [1.54, 1.807) is 6.20 Å². The first-order valence-corrected chi connectivity index (χ1v) is 7.44. The first-order chi connectivity index (χ1) is 11.8. The fourth-order valence-corrected chi connectivity index (χ4v) is 2.38. The molecule has 0 atom stereocenters. The van der Waals surface area contributed by atoms with Crippen molar-refractivity contribution < 1.29 is 0 Å². The molecule has 0 bridgehead atoms. The second kappa shape index (κ2) is 5.88. The largest absolute Gasteiger partial charge is 0.399 e. The van der Waals surface area contributed by atoms with Crippen LogP contribution in [0.25, 0.3) is 10.9 Å². The average molecular weight is 317 g/mol. The molecule has 0 aliphatic rings. The number of aromatic amines is 1. The summed E-state index contributed by atoms with van der Waals surface area (Å²) >= 11 is 0. The Kier molecular flexibility index (Phi) is 3.43. The van der Waals surface area contributed by atoms with Gasteiger partial charge in [0.1, 0.15) is 11.6 Å². The minimum absolute atomic E-state index is 0.500.